The summed E-state index contributed by atoms with van der Waals surface area (Å²) in [6, 6.07) is 0. The van der Waals surface area contributed by atoms with E-state index in [1.165, 1.54) is 38.5 Å². The average molecular weight is 303 g/mol. The van der Waals surface area contributed by atoms with Crippen LogP contribution < -0.4 is 22.1 Å². The van der Waals surface area contributed by atoms with Gasteiger partial charge in [0.05, 0.1) is 13.2 Å². The second kappa shape index (κ2) is 19.8. The molecular formula is C16H38N4O. The molecule has 0 bridgehead atoms. The molecule has 0 aliphatic heterocycles. The van der Waals surface area contributed by atoms with E-state index in [0.29, 0.717) is 0 Å². The summed E-state index contributed by atoms with van der Waals surface area (Å²) in [5.41, 5.74) is 10.9. The van der Waals surface area contributed by atoms with Crippen LogP contribution >= 0.6 is 0 Å². The summed E-state index contributed by atoms with van der Waals surface area (Å²) >= 11 is 0. The van der Waals surface area contributed by atoms with Gasteiger partial charge >= 0.3 is 0 Å². The van der Waals surface area contributed by atoms with Crippen LogP contribution in [0.1, 0.15) is 51.4 Å². The first kappa shape index (κ1) is 20.8. The normalized spacial score (nSPS) is 11.1. The van der Waals surface area contributed by atoms with E-state index in [0.717, 1.165) is 65.3 Å². The summed E-state index contributed by atoms with van der Waals surface area (Å²) < 4.78 is 5.57. The van der Waals surface area contributed by atoms with E-state index in [9.17, 15) is 0 Å². The third-order valence-corrected chi connectivity index (χ3v) is 3.46. The lowest BCUT2D eigenvalue weighted by Gasteiger charge is -2.07. The fourth-order valence-electron chi connectivity index (χ4n) is 2.14. The average Bonchev–Trinajstić information content (AvgIpc) is 2.50. The first-order valence-corrected chi connectivity index (χ1v) is 8.81. The Kier molecular flexibility index (Phi) is 19.6. The lowest BCUT2D eigenvalue weighted by Crippen LogP contribution is -2.24. The third kappa shape index (κ3) is 19.8. The van der Waals surface area contributed by atoms with Gasteiger partial charge in [-0.15, -0.1) is 0 Å². The molecule has 0 rings (SSSR count). The Morgan fingerprint density at radius 3 is 1.38 bits per heavy atom. The Balaban J connectivity index is 2.90. The van der Waals surface area contributed by atoms with Gasteiger partial charge in [-0.05, 0) is 51.9 Å². The van der Waals surface area contributed by atoms with Crippen LogP contribution in [-0.4, -0.2) is 52.5 Å². The molecule has 5 nitrogen and oxygen atoms in total. The van der Waals surface area contributed by atoms with Crippen molar-refractivity contribution in [1.29, 1.82) is 0 Å². The predicted octanol–water partition coefficient (Wildman–Crippen LogP) is 1.22. The first-order chi connectivity index (χ1) is 10.4. The molecule has 0 aromatic rings. The highest BCUT2D eigenvalue weighted by Gasteiger charge is 1.92. The molecule has 0 radical (unpaired) electrons. The molecule has 0 atom stereocenters. The molecule has 0 saturated carbocycles. The van der Waals surface area contributed by atoms with Crippen molar-refractivity contribution in [2.45, 2.75) is 51.4 Å². The minimum absolute atomic E-state index is 0.807. The van der Waals surface area contributed by atoms with Gasteiger partial charge < -0.3 is 26.8 Å². The van der Waals surface area contributed by atoms with Crippen molar-refractivity contribution in [1.82, 2.24) is 10.6 Å². The monoisotopic (exact) mass is 302 g/mol. The second-order valence-electron chi connectivity index (χ2n) is 5.52. The van der Waals surface area contributed by atoms with Crippen molar-refractivity contribution in [3.8, 4) is 0 Å². The SMILES string of the molecule is NCCCCCCNCCOCCNCCCCCCN. The van der Waals surface area contributed by atoms with Crippen molar-refractivity contribution >= 4 is 0 Å². The maximum Gasteiger partial charge on any atom is 0.0591 e. The maximum atomic E-state index is 5.57. The molecule has 0 aromatic heterocycles. The van der Waals surface area contributed by atoms with Crippen LogP contribution in [0.4, 0.5) is 0 Å². The molecule has 5 heteroatoms. The number of nitrogens with two attached hydrogens (primary N) is 2. The maximum absolute atomic E-state index is 5.57. The number of rotatable bonds is 18. The molecule has 6 N–H and O–H groups in total. The van der Waals surface area contributed by atoms with Gasteiger partial charge in [-0.25, -0.2) is 0 Å². The van der Waals surface area contributed by atoms with Gasteiger partial charge in [-0.2, -0.15) is 0 Å². The highest BCUT2D eigenvalue weighted by Crippen LogP contribution is 1.97. The van der Waals surface area contributed by atoms with Gasteiger partial charge in [-0.3, -0.25) is 0 Å². The molecular weight excluding hydrogens is 264 g/mol. The molecule has 21 heavy (non-hydrogen) atoms. The number of ether oxygens (including phenoxy) is 1. The zero-order valence-corrected chi connectivity index (χ0v) is 13.9. The Bertz CT molecular complexity index is 164. The van der Waals surface area contributed by atoms with Gasteiger partial charge in [0.25, 0.3) is 0 Å². The van der Waals surface area contributed by atoms with Crippen LogP contribution in [0.15, 0.2) is 0 Å². The fraction of sp³-hybridized carbons (Fsp3) is 1.00. The molecule has 0 fully saturated rings. The first-order valence-electron chi connectivity index (χ1n) is 8.81. The largest absolute Gasteiger partial charge is 0.379 e. The van der Waals surface area contributed by atoms with Crippen LogP contribution in [0.25, 0.3) is 0 Å². The number of nitrogens with one attached hydrogen (secondary N) is 2. The quantitative estimate of drug-likeness (QED) is 0.286. The standard InChI is InChI=1S/C16H38N4O/c17-9-5-1-3-7-11-19-13-15-21-16-14-20-12-8-4-2-6-10-18/h19-20H,1-18H2. The molecule has 0 amide bonds. The summed E-state index contributed by atoms with van der Waals surface area (Å²) in [7, 11) is 0. The second-order valence-corrected chi connectivity index (χ2v) is 5.52. The fourth-order valence-corrected chi connectivity index (χ4v) is 2.14. The van der Waals surface area contributed by atoms with Crippen molar-refractivity contribution in [3.63, 3.8) is 0 Å². The molecule has 0 aliphatic carbocycles. The molecule has 128 valence electrons. The highest BCUT2D eigenvalue weighted by molar-refractivity contribution is 4.51. The zero-order chi connectivity index (χ0) is 15.4. The van der Waals surface area contributed by atoms with Crippen LogP contribution in [0, 0.1) is 0 Å². The zero-order valence-electron chi connectivity index (χ0n) is 13.9. The van der Waals surface area contributed by atoms with Gasteiger partial charge in [-0.1, -0.05) is 25.7 Å². The van der Waals surface area contributed by atoms with Crippen molar-refractivity contribution in [3.05, 3.63) is 0 Å². The van der Waals surface area contributed by atoms with Crippen molar-refractivity contribution in [2.24, 2.45) is 11.5 Å². The van der Waals surface area contributed by atoms with Gasteiger partial charge in [0.15, 0.2) is 0 Å². The van der Waals surface area contributed by atoms with E-state index >= 15 is 0 Å². The van der Waals surface area contributed by atoms with Crippen LogP contribution in [-0.2, 0) is 4.74 Å². The summed E-state index contributed by atoms with van der Waals surface area (Å²) in [6.07, 6.45) is 9.86. The predicted molar refractivity (Wildman–Crippen MR) is 91.6 cm³/mol. The number of hydrogen-bond acceptors (Lipinski definition) is 5. The minimum Gasteiger partial charge on any atom is -0.379 e. The van der Waals surface area contributed by atoms with E-state index in [2.05, 4.69) is 10.6 Å². The molecule has 0 heterocycles. The summed E-state index contributed by atoms with van der Waals surface area (Å²) in [4.78, 5) is 0. The Hall–Kier alpha value is -0.200. The van der Waals surface area contributed by atoms with Gasteiger partial charge in [0.1, 0.15) is 0 Å². The van der Waals surface area contributed by atoms with Crippen LogP contribution in [0.5, 0.6) is 0 Å². The topological polar surface area (TPSA) is 85.3 Å². The lowest BCUT2D eigenvalue weighted by atomic mass is 10.2. The Labute approximate surface area is 131 Å². The van der Waals surface area contributed by atoms with Crippen molar-refractivity contribution < 1.29 is 4.74 Å². The van der Waals surface area contributed by atoms with E-state index in [-0.39, 0.29) is 0 Å². The van der Waals surface area contributed by atoms with E-state index in [1.807, 2.05) is 0 Å². The van der Waals surface area contributed by atoms with Gasteiger partial charge in [0, 0.05) is 13.1 Å². The van der Waals surface area contributed by atoms with E-state index < -0.39 is 0 Å². The summed E-state index contributed by atoms with van der Waals surface area (Å²) in [5.74, 6) is 0. The van der Waals surface area contributed by atoms with Crippen LogP contribution in [0.2, 0.25) is 0 Å². The van der Waals surface area contributed by atoms with Crippen LogP contribution in [0.3, 0.4) is 0 Å². The third-order valence-electron chi connectivity index (χ3n) is 3.46. The smallest absolute Gasteiger partial charge is 0.0591 e. The molecule has 0 saturated heterocycles. The highest BCUT2D eigenvalue weighted by atomic mass is 16.5. The number of hydrogen-bond donors (Lipinski definition) is 4. The molecule has 0 spiro atoms. The van der Waals surface area contributed by atoms with Gasteiger partial charge in [0.2, 0.25) is 0 Å². The Morgan fingerprint density at radius 2 is 0.952 bits per heavy atom. The summed E-state index contributed by atoms with van der Waals surface area (Å²) in [6.45, 7) is 7.35. The molecule has 0 aliphatic rings. The van der Waals surface area contributed by atoms with E-state index in [4.69, 9.17) is 16.2 Å². The molecule has 0 aromatic carbocycles. The Morgan fingerprint density at radius 1 is 0.524 bits per heavy atom. The van der Waals surface area contributed by atoms with E-state index in [1.54, 1.807) is 0 Å². The summed E-state index contributed by atoms with van der Waals surface area (Å²) in [5, 5.41) is 6.81. The minimum atomic E-state index is 0.807. The lowest BCUT2D eigenvalue weighted by molar-refractivity contribution is 0.137. The number of unbranched alkanes of at least 4 members (excludes halogenated alkanes) is 6. The van der Waals surface area contributed by atoms with Crippen molar-refractivity contribution in [2.75, 3.05) is 52.5 Å². The molecule has 0 unspecified atom stereocenters.